The minimum Gasteiger partial charge on any atom is -0.346 e. The van der Waals surface area contributed by atoms with Crippen LogP contribution in [0.15, 0.2) is 96.4 Å². The topological polar surface area (TPSA) is 93.1 Å². The van der Waals surface area contributed by atoms with E-state index in [2.05, 4.69) is 15.0 Å². The molecular formula is C24H21FN4O3S. The second-order valence-electron chi connectivity index (χ2n) is 7.37. The number of benzene rings is 3. The second kappa shape index (κ2) is 9.25. The van der Waals surface area contributed by atoms with Gasteiger partial charge in [-0.1, -0.05) is 24.3 Å². The molecule has 33 heavy (non-hydrogen) atoms. The standard InChI is InChI=1S/C24H21FN4O3S/c1-17(18-6-10-20(11-7-18)29-15-14-26-16-29)27-24(30)19-8-12-21(13-9-19)33(31,32)28-23-5-3-2-4-22(23)25/h2-17,28H,1H3,(H,27,30)/t17-/m0/s1. The Morgan fingerprint density at radius 1 is 1.00 bits per heavy atom. The molecule has 0 saturated heterocycles. The van der Waals surface area contributed by atoms with Crippen LogP contribution in [-0.2, 0) is 10.0 Å². The highest BCUT2D eigenvalue weighted by atomic mass is 32.2. The average molecular weight is 465 g/mol. The van der Waals surface area contributed by atoms with Crippen molar-refractivity contribution in [2.24, 2.45) is 0 Å². The Hall–Kier alpha value is -3.98. The fraction of sp³-hybridized carbons (Fsp3) is 0.0833. The van der Waals surface area contributed by atoms with Crippen LogP contribution < -0.4 is 10.0 Å². The van der Waals surface area contributed by atoms with E-state index in [9.17, 15) is 17.6 Å². The molecule has 0 spiro atoms. The van der Waals surface area contributed by atoms with Crippen molar-refractivity contribution in [1.29, 1.82) is 0 Å². The van der Waals surface area contributed by atoms with Gasteiger partial charge in [0.2, 0.25) is 0 Å². The van der Waals surface area contributed by atoms with E-state index in [0.717, 1.165) is 17.3 Å². The van der Waals surface area contributed by atoms with Gasteiger partial charge in [-0.2, -0.15) is 0 Å². The first-order valence-electron chi connectivity index (χ1n) is 10.1. The summed E-state index contributed by atoms with van der Waals surface area (Å²) in [4.78, 5) is 16.6. The smallest absolute Gasteiger partial charge is 0.261 e. The third-order valence-electron chi connectivity index (χ3n) is 5.09. The van der Waals surface area contributed by atoms with Gasteiger partial charge in [0.25, 0.3) is 15.9 Å². The molecule has 2 N–H and O–H groups in total. The van der Waals surface area contributed by atoms with E-state index in [1.807, 2.05) is 42.0 Å². The van der Waals surface area contributed by atoms with Gasteiger partial charge in [0.15, 0.2) is 0 Å². The molecule has 0 aliphatic rings. The number of hydrogen-bond acceptors (Lipinski definition) is 4. The SMILES string of the molecule is C[C@H](NC(=O)c1ccc(S(=O)(=O)Nc2ccccc2F)cc1)c1ccc(-n2ccnc2)cc1. The molecular weight excluding hydrogens is 443 g/mol. The first kappa shape index (κ1) is 22.2. The molecule has 7 nitrogen and oxygen atoms in total. The summed E-state index contributed by atoms with van der Waals surface area (Å²) in [5.74, 6) is -1.02. The Labute approximate surface area is 191 Å². The number of para-hydroxylation sites is 1. The van der Waals surface area contributed by atoms with Crippen LogP contribution in [0.1, 0.15) is 28.9 Å². The van der Waals surface area contributed by atoms with Crippen molar-refractivity contribution in [1.82, 2.24) is 14.9 Å². The van der Waals surface area contributed by atoms with Gasteiger partial charge < -0.3 is 9.88 Å². The second-order valence-corrected chi connectivity index (χ2v) is 9.05. The fourth-order valence-corrected chi connectivity index (χ4v) is 4.31. The first-order chi connectivity index (χ1) is 15.8. The van der Waals surface area contributed by atoms with Crippen molar-refractivity contribution in [3.8, 4) is 5.69 Å². The molecule has 1 heterocycles. The molecule has 1 aromatic heterocycles. The van der Waals surface area contributed by atoms with Crippen LogP contribution >= 0.6 is 0 Å². The number of carbonyl (C=O) groups is 1. The molecule has 1 atom stereocenters. The summed E-state index contributed by atoms with van der Waals surface area (Å²) in [5.41, 5.74) is 2.03. The number of imidazole rings is 1. The Morgan fingerprint density at radius 2 is 1.70 bits per heavy atom. The number of amides is 1. The quantitative estimate of drug-likeness (QED) is 0.426. The van der Waals surface area contributed by atoms with Gasteiger partial charge in [0, 0.05) is 23.6 Å². The zero-order chi connectivity index (χ0) is 23.4. The summed E-state index contributed by atoms with van der Waals surface area (Å²) in [6, 6.07) is 18.4. The van der Waals surface area contributed by atoms with Crippen LogP contribution in [0, 0.1) is 5.82 Å². The molecule has 0 unspecified atom stereocenters. The molecule has 1 amide bonds. The first-order valence-corrected chi connectivity index (χ1v) is 11.6. The Bertz CT molecular complexity index is 1350. The highest BCUT2D eigenvalue weighted by Crippen LogP contribution is 2.20. The van der Waals surface area contributed by atoms with Gasteiger partial charge in [-0.25, -0.2) is 17.8 Å². The molecule has 0 aliphatic heterocycles. The van der Waals surface area contributed by atoms with E-state index in [4.69, 9.17) is 0 Å². The lowest BCUT2D eigenvalue weighted by molar-refractivity contribution is 0.0940. The minimum atomic E-state index is -4.00. The van der Waals surface area contributed by atoms with Gasteiger partial charge in [-0.15, -0.1) is 0 Å². The maximum absolute atomic E-state index is 13.8. The Balaban J connectivity index is 1.42. The van der Waals surface area contributed by atoms with E-state index < -0.39 is 15.8 Å². The van der Waals surface area contributed by atoms with Gasteiger partial charge >= 0.3 is 0 Å². The van der Waals surface area contributed by atoms with Crippen LogP contribution in [0.25, 0.3) is 5.69 Å². The zero-order valence-electron chi connectivity index (χ0n) is 17.6. The number of nitrogens with one attached hydrogen (secondary N) is 2. The maximum atomic E-state index is 13.8. The van der Waals surface area contributed by atoms with Crippen molar-refractivity contribution < 1.29 is 17.6 Å². The predicted molar refractivity (Wildman–Crippen MR) is 123 cm³/mol. The van der Waals surface area contributed by atoms with Crippen LogP contribution in [0.2, 0.25) is 0 Å². The molecule has 4 rings (SSSR count). The van der Waals surface area contributed by atoms with Gasteiger partial charge in [0.1, 0.15) is 5.82 Å². The Kier molecular flexibility index (Phi) is 6.23. The molecule has 0 radical (unpaired) electrons. The van der Waals surface area contributed by atoms with Crippen molar-refractivity contribution in [2.75, 3.05) is 4.72 Å². The van der Waals surface area contributed by atoms with E-state index in [-0.39, 0.29) is 22.5 Å². The summed E-state index contributed by atoms with van der Waals surface area (Å²) in [6.45, 7) is 1.86. The lowest BCUT2D eigenvalue weighted by atomic mass is 10.1. The van der Waals surface area contributed by atoms with Gasteiger partial charge in [0.05, 0.1) is 23.0 Å². The van der Waals surface area contributed by atoms with Gasteiger partial charge in [-0.05, 0) is 61.0 Å². The number of rotatable bonds is 7. The number of nitrogens with zero attached hydrogens (tertiary/aromatic N) is 2. The summed E-state index contributed by atoms with van der Waals surface area (Å²) in [7, 11) is -4.00. The average Bonchev–Trinajstić information content (AvgIpc) is 3.36. The van der Waals surface area contributed by atoms with E-state index in [0.29, 0.717) is 5.56 Å². The van der Waals surface area contributed by atoms with Crippen molar-refractivity contribution in [2.45, 2.75) is 17.9 Å². The summed E-state index contributed by atoms with van der Waals surface area (Å²) >= 11 is 0. The summed E-state index contributed by atoms with van der Waals surface area (Å²) < 4.78 is 42.9. The number of anilines is 1. The lowest BCUT2D eigenvalue weighted by Crippen LogP contribution is -2.26. The maximum Gasteiger partial charge on any atom is 0.261 e. The van der Waals surface area contributed by atoms with Crippen LogP contribution in [0.4, 0.5) is 10.1 Å². The normalized spacial score (nSPS) is 12.2. The number of halogens is 1. The largest absolute Gasteiger partial charge is 0.346 e. The minimum absolute atomic E-state index is 0.0783. The number of carbonyl (C=O) groups excluding carboxylic acids is 1. The molecule has 0 saturated carbocycles. The molecule has 9 heteroatoms. The van der Waals surface area contributed by atoms with Crippen LogP contribution in [0.5, 0.6) is 0 Å². The third kappa shape index (κ3) is 5.09. The fourth-order valence-electron chi connectivity index (χ4n) is 3.24. The third-order valence-corrected chi connectivity index (χ3v) is 6.47. The highest BCUT2D eigenvalue weighted by Gasteiger charge is 2.18. The van der Waals surface area contributed by atoms with E-state index >= 15 is 0 Å². The summed E-state index contributed by atoms with van der Waals surface area (Å²) in [6.07, 6.45) is 5.25. The molecule has 0 aliphatic carbocycles. The predicted octanol–water partition coefficient (Wildman–Crippen LogP) is 4.30. The van der Waals surface area contributed by atoms with Crippen LogP contribution in [0.3, 0.4) is 0 Å². The summed E-state index contributed by atoms with van der Waals surface area (Å²) in [5, 5.41) is 2.90. The number of aromatic nitrogens is 2. The molecule has 168 valence electrons. The van der Waals surface area contributed by atoms with E-state index in [1.54, 1.807) is 12.5 Å². The Morgan fingerprint density at radius 3 is 2.33 bits per heavy atom. The van der Waals surface area contributed by atoms with Gasteiger partial charge in [-0.3, -0.25) is 9.52 Å². The molecule has 0 bridgehead atoms. The zero-order valence-corrected chi connectivity index (χ0v) is 18.5. The van der Waals surface area contributed by atoms with Crippen LogP contribution in [-0.4, -0.2) is 23.9 Å². The van der Waals surface area contributed by atoms with Crippen molar-refractivity contribution >= 4 is 21.6 Å². The number of sulfonamides is 1. The molecule has 0 fully saturated rings. The number of hydrogen-bond donors (Lipinski definition) is 2. The monoisotopic (exact) mass is 464 g/mol. The van der Waals surface area contributed by atoms with Crippen molar-refractivity contribution in [3.63, 3.8) is 0 Å². The van der Waals surface area contributed by atoms with E-state index in [1.165, 1.54) is 42.5 Å². The molecule has 4 aromatic rings. The molecule has 3 aromatic carbocycles. The lowest BCUT2D eigenvalue weighted by Gasteiger charge is -2.15. The van der Waals surface area contributed by atoms with Crippen molar-refractivity contribution in [3.05, 3.63) is 108 Å². The highest BCUT2D eigenvalue weighted by molar-refractivity contribution is 7.92.